The predicted octanol–water partition coefficient (Wildman–Crippen LogP) is 1.85. The second kappa shape index (κ2) is 5.57. The van der Waals surface area contributed by atoms with E-state index in [0.29, 0.717) is 12.1 Å². The van der Waals surface area contributed by atoms with Gasteiger partial charge in [-0.15, -0.1) is 0 Å². The van der Waals surface area contributed by atoms with E-state index in [-0.39, 0.29) is 0 Å². The first kappa shape index (κ1) is 13.8. The summed E-state index contributed by atoms with van der Waals surface area (Å²) in [6, 6.07) is 1.09. The van der Waals surface area contributed by atoms with Crippen LogP contribution >= 0.6 is 0 Å². The highest BCUT2D eigenvalue weighted by molar-refractivity contribution is 5.79. The predicted molar refractivity (Wildman–Crippen MR) is 71.7 cm³/mol. The van der Waals surface area contributed by atoms with E-state index in [1.165, 1.54) is 12.8 Å². The summed E-state index contributed by atoms with van der Waals surface area (Å²) in [5, 5.41) is 12.8. The molecule has 1 aliphatic heterocycles. The summed E-state index contributed by atoms with van der Waals surface area (Å²) in [5.74, 6) is -0.662. The molecule has 1 aliphatic carbocycles. The van der Waals surface area contributed by atoms with Gasteiger partial charge in [-0.25, -0.2) is 0 Å². The number of carboxylic acid groups (broad SMARTS) is 1. The number of hydrogen-bond donors (Lipinski definition) is 2. The molecule has 0 bridgehead atoms. The van der Waals surface area contributed by atoms with Crippen molar-refractivity contribution in [3.63, 3.8) is 0 Å². The molecular weight excluding hydrogens is 228 g/mol. The molecule has 4 nitrogen and oxygen atoms in total. The first-order valence-electron chi connectivity index (χ1n) is 7.33. The maximum absolute atomic E-state index is 11.6. The van der Waals surface area contributed by atoms with Crippen molar-refractivity contribution in [3.8, 4) is 0 Å². The largest absolute Gasteiger partial charge is 0.480 e. The lowest BCUT2D eigenvalue weighted by atomic mass is 9.97. The Morgan fingerprint density at radius 2 is 2.28 bits per heavy atom. The molecule has 18 heavy (non-hydrogen) atoms. The lowest BCUT2D eigenvalue weighted by molar-refractivity contribution is -0.144. The Labute approximate surface area is 110 Å². The number of hydrogen-bond acceptors (Lipinski definition) is 3. The number of carbonyl (C=O) groups is 1. The molecule has 0 aromatic carbocycles. The van der Waals surface area contributed by atoms with Gasteiger partial charge in [-0.3, -0.25) is 9.69 Å². The van der Waals surface area contributed by atoms with Gasteiger partial charge < -0.3 is 10.4 Å². The van der Waals surface area contributed by atoms with E-state index < -0.39 is 11.5 Å². The Morgan fingerprint density at radius 3 is 2.83 bits per heavy atom. The van der Waals surface area contributed by atoms with E-state index in [4.69, 9.17) is 0 Å². The minimum Gasteiger partial charge on any atom is -0.480 e. The summed E-state index contributed by atoms with van der Waals surface area (Å²) in [6.07, 6.45) is 6.08. The van der Waals surface area contributed by atoms with E-state index in [0.717, 1.165) is 38.8 Å². The van der Waals surface area contributed by atoms with Crippen molar-refractivity contribution in [2.45, 2.75) is 70.0 Å². The third kappa shape index (κ3) is 2.54. The first-order valence-corrected chi connectivity index (χ1v) is 7.33. The summed E-state index contributed by atoms with van der Waals surface area (Å²) >= 11 is 0. The van der Waals surface area contributed by atoms with Crippen LogP contribution in [0.25, 0.3) is 0 Å². The van der Waals surface area contributed by atoms with Gasteiger partial charge in [-0.2, -0.15) is 0 Å². The molecule has 0 spiro atoms. The second-order valence-electron chi connectivity index (χ2n) is 5.94. The molecule has 0 amide bonds. The molecule has 2 N–H and O–H groups in total. The lowest BCUT2D eigenvalue weighted by Gasteiger charge is -2.31. The van der Waals surface area contributed by atoms with Gasteiger partial charge in [0.2, 0.25) is 0 Å². The summed E-state index contributed by atoms with van der Waals surface area (Å²) < 4.78 is 0. The van der Waals surface area contributed by atoms with Crippen molar-refractivity contribution >= 4 is 5.97 Å². The highest BCUT2D eigenvalue weighted by Gasteiger charge is 2.47. The lowest BCUT2D eigenvalue weighted by Crippen LogP contribution is -2.51. The van der Waals surface area contributed by atoms with E-state index in [9.17, 15) is 9.90 Å². The fourth-order valence-corrected chi connectivity index (χ4v) is 3.60. The van der Waals surface area contributed by atoms with Crippen LogP contribution in [-0.4, -0.2) is 46.7 Å². The van der Waals surface area contributed by atoms with Crippen molar-refractivity contribution in [2.75, 3.05) is 13.1 Å². The summed E-state index contributed by atoms with van der Waals surface area (Å²) in [5.41, 5.74) is -0.664. The average molecular weight is 254 g/mol. The molecule has 2 rings (SSSR count). The molecule has 0 radical (unpaired) electrons. The average Bonchev–Trinajstić information content (AvgIpc) is 2.93. The number of likely N-dealkylation sites (tertiary alicyclic amines) is 1. The fraction of sp³-hybridized carbons (Fsp3) is 0.929. The SMILES string of the molecule is CCCNC1(C(=O)O)CCC(N2CCCC2C)C1. The topological polar surface area (TPSA) is 52.6 Å². The highest BCUT2D eigenvalue weighted by atomic mass is 16.4. The summed E-state index contributed by atoms with van der Waals surface area (Å²) in [7, 11) is 0. The van der Waals surface area contributed by atoms with Gasteiger partial charge in [0.1, 0.15) is 5.54 Å². The molecule has 2 aliphatic rings. The van der Waals surface area contributed by atoms with Crippen molar-refractivity contribution in [2.24, 2.45) is 0 Å². The maximum Gasteiger partial charge on any atom is 0.323 e. The van der Waals surface area contributed by atoms with Crippen LogP contribution < -0.4 is 5.32 Å². The molecule has 3 unspecified atom stereocenters. The van der Waals surface area contributed by atoms with Crippen LogP contribution in [0.3, 0.4) is 0 Å². The standard InChI is InChI=1S/C14H26N2O2/c1-3-8-15-14(13(17)18)7-6-12(10-14)16-9-4-5-11(16)2/h11-12,15H,3-10H2,1-2H3,(H,17,18). The van der Waals surface area contributed by atoms with E-state index in [1.807, 2.05) is 0 Å². The smallest absolute Gasteiger partial charge is 0.323 e. The highest BCUT2D eigenvalue weighted by Crippen LogP contribution is 2.36. The van der Waals surface area contributed by atoms with Crippen LogP contribution in [0.4, 0.5) is 0 Å². The second-order valence-corrected chi connectivity index (χ2v) is 5.94. The first-order chi connectivity index (χ1) is 8.59. The third-order valence-electron chi connectivity index (χ3n) is 4.68. The Balaban J connectivity index is 2.01. The third-order valence-corrected chi connectivity index (χ3v) is 4.68. The number of nitrogens with one attached hydrogen (secondary N) is 1. The van der Waals surface area contributed by atoms with Gasteiger partial charge in [0.25, 0.3) is 0 Å². The molecule has 1 saturated heterocycles. The Bertz CT molecular complexity index is 308. The maximum atomic E-state index is 11.6. The van der Waals surface area contributed by atoms with E-state index in [1.54, 1.807) is 0 Å². The molecule has 0 aromatic heterocycles. The van der Waals surface area contributed by atoms with Crippen molar-refractivity contribution < 1.29 is 9.90 Å². The number of nitrogens with zero attached hydrogens (tertiary/aromatic N) is 1. The Morgan fingerprint density at radius 1 is 1.50 bits per heavy atom. The molecular formula is C14H26N2O2. The molecule has 3 atom stereocenters. The van der Waals surface area contributed by atoms with E-state index >= 15 is 0 Å². The monoisotopic (exact) mass is 254 g/mol. The van der Waals surface area contributed by atoms with Crippen LogP contribution in [0.5, 0.6) is 0 Å². The minimum atomic E-state index is -0.664. The number of rotatable bonds is 5. The number of carboxylic acids is 1. The van der Waals surface area contributed by atoms with Crippen LogP contribution in [0.2, 0.25) is 0 Å². The number of aliphatic carboxylic acids is 1. The molecule has 104 valence electrons. The molecule has 2 fully saturated rings. The Hall–Kier alpha value is -0.610. The molecule has 0 aromatic rings. The minimum absolute atomic E-state index is 0.461. The van der Waals surface area contributed by atoms with E-state index in [2.05, 4.69) is 24.1 Å². The van der Waals surface area contributed by atoms with Crippen LogP contribution in [-0.2, 0) is 4.79 Å². The van der Waals surface area contributed by atoms with Gasteiger partial charge in [0, 0.05) is 12.1 Å². The van der Waals surface area contributed by atoms with Gasteiger partial charge in [-0.05, 0) is 58.5 Å². The van der Waals surface area contributed by atoms with Crippen LogP contribution in [0.15, 0.2) is 0 Å². The quantitative estimate of drug-likeness (QED) is 0.786. The van der Waals surface area contributed by atoms with Crippen LogP contribution in [0.1, 0.15) is 52.4 Å². The zero-order valence-electron chi connectivity index (χ0n) is 11.6. The van der Waals surface area contributed by atoms with Gasteiger partial charge in [0.05, 0.1) is 0 Å². The molecule has 1 saturated carbocycles. The van der Waals surface area contributed by atoms with Gasteiger partial charge in [-0.1, -0.05) is 6.92 Å². The summed E-state index contributed by atoms with van der Waals surface area (Å²) in [4.78, 5) is 14.1. The zero-order chi connectivity index (χ0) is 13.2. The normalized spacial score (nSPS) is 37.2. The Kier molecular flexibility index (Phi) is 4.28. The molecule has 1 heterocycles. The van der Waals surface area contributed by atoms with Gasteiger partial charge >= 0.3 is 5.97 Å². The van der Waals surface area contributed by atoms with Gasteiger partial charge in [0.15, 0.2) is 0 Å². The van der Waals surface area contributed by atoms with Crippen molar-refractivity contribution in [1.29, 1.82) is 0 Å². The van der Waals surface area contributed by atoms with Crippen molar-refractivity contribution in [1.82, 2.24) is 10.2 Å². The zero-order valence-corrected chi connectivity index (χ0v) is 11.6. The fourth-order valence-electron chi connectivity index (χ4n) is 3.60. The molecule has 4 heteroatoms. The van der Waals surface area contributed by atoms with Crippen molar-refractivity contribution in [3.05, 3.63) is 0 Å². The van der Waals surface area contributed by atoms with Crippen LogP contribution in [0, 0.1) is 0 Å². The summed E-state index contributed by atoms with van der Waals surface area (Å²) in [6.45, 7) is 6.30.